The van der Waals surface area contributed by atoms with Crippen molar-refractivity contribution in [2.24, 2.45) is 5.84 Å². The Hall–Kier alpha value is -1.85. The van der Waals surface area contributed by atoms with Gasteiger partial charge in [0.15, 0.2) is 0 Å². The Labute approximate surface area is 106 Å². The molecule has 1 atom stereocenters. The molecule has 0 aliphatic heterocycles. The SMILES string of the molecule is CCOc1cncc(C(NN)c2coc(C)c2)c1. The summed E-state index contributed by atoms with van der Waals surface area (Å²) in [6.07, 6.45) is 5.13. The van der Waals surface area contributed by atoms with Gasteiger partial charge in [0.1, 0.15) is 11.5 Å². The monoisotopic (exact) mass is 247 g/mol. The number of nitrogens with one attached hydrogen (secondary N) is 1. The van der Waals surface area contributed by atoms with Crippen LogP contribution in [-0.2, 0) is 0 Å². The van der Waals surface area contributed by atoms with E-state index in [0.29, 0.717) is 6.61 Å². The van der Waals surface area contributed by atoms with Gasteiger partial charge in [-0.05, 0) is 31.5 Å². The minimum Gasteiger partial charge on any atom is -0.492 e. The van der Waals surface area contributed by atoms with Crippen LogP contribution in [0.25, 0.3) is 0 Å². The van der Waals surface area contributed by atoms with Crippen LogP contribution in [0.4, 0.5) is 0 Å². The highest BCUT2D eigenvalue weighted by Gasteiger charge is 2.15. The number of nitrogens with zero attached hydrogens (tertiary/aromatic N) is 1. The molecule has 0 saturated heterocycles. The molecule has 0 fully saturated rings. The standard InChI is InChI=1S/C13H17N3O2/c1-3-17-12-5-10(6-15-7-12)13(16-14)11-4-9(2)18-8-11/h4-8,13,16H,3,14H2,1-2H3. The van der Waals surface area contributed by atoms with E-state index < -0.39 is 0 Å². The number of hydrogen-bond donors (Lipinski definition) is 2. The van der Waals surface area contributed by atoms with E-state index in [4.69, 9.17) is 15.0 Å². The maximum atomic E-state index is 5.61. The van der Waals surface area contributed by atoms with Crippen molar-refractivity contribution in [3.8, 4) is 5.75 Å². The largest absolute Gasteiger partial charge is 0.492 e. The van der Waals surface area contributed by atoms with Crippen LogP contribution in [0, 0.1) is 6.92 Å². The first kappa shape index (κ1) is 12.6. The number of rotatable bonds is 5. The van der Waals surface area contributed by atoms with E-state index in [-0.39, 0.29) is 6.04 Å². The third-order valence-electron chi connectivity index (χ3n) is 2.63. The lowest BCUT2D eigenvalue weighted by Crippen LogP contribution is -2.28. The first-order valence-electron chi connectivity index (χ1n) is 5.83. The van der Waals surface area contributed by atoms with Crippen LogP contribution in [-0.4, -0.2) is 11.6 Å². The normalized spacial score (nSPS) is 12.4. The van der Waals surface area contributed by atoms with E-state index in [1.165, 1.54) is 0 Å². The predicted molar refractivity (Wildman–Crippen MR) is 68.0 cm³/mol. The molecule has 96 valence electrons. The van der Waals surface area contributed by atoms with E-state index in [1.807, 2.05) is 26.0 Å². The molecule has 0 aliphatic carbocycles. The molecule has 1 unspecified atom stereocenters. The Balaban J connectivity index is 2.29. The summed E-state index contributed by atoms with van der Waals surface area (Å²) in [6, 6.07) is 3.71. The van der Waals surface area contributed by atoms with Crippen molar-refractivity contribution < 1.29 is 9.15 Å². The minimum absolute atomic E-state index is 0.157. The molecule has 2 heterocycles. The van der Waals surface area contributed by atoms with Crippen LogP contribution in [0.1, 0.15) is 29.9 Å². The second-order valence-corrected chi connectivity index (χ2v) is 3.98. The lowest BCUT2D eigenvalue weighted by molar-refractivity contribution is 0.338. The number of aromatic nitrogens is 1. The minimum atomic E-state index is -0.157. The van der Waals surface area contributed by atoms with Gasteiger partial charge in [-0.25, -0.2) is 5.43 Å². The van der Waals surface area contributed by atoms with Crippen molar-refractivity contribution in [2.75, 3.05) is 6.61 Å². The van der Waals surface area contributed by atoms with Crippen LogP contribution in [0.15, 0.2) is 35.2 Å². The van der Waals surface area contributed by atoms with Crippen LogP contribution < -0.4 is 16.0 Å². The number of ether oxygens (including phenoxy) is 1. The van der Waals surface area contributed by atoms with Gasteiger partial charge in [0.25, 0.3) is 0 Å². The van der Waals surface area contributed by atoms with Gasteiger partial charge in [-0.2, -0.15) is 0 Å². The number of nitrogens with two attached hydrogens (primary N) is 1. The number of hydrazine groups is 1. The highest BCUT2D eigenvalue weighted by molar-refractivity contribution is 5.33. The van der Waals surface area contributed by atoms with Crippen molar-refractivity contribution in [1.29, 1.82) is 0 Å². The molecule has 2 aromatic rings. The summed E-state index contributed by atoms with van der Waals surface area (Å²) in [7, 11) is 0. The molecule has 18 heavy (non-hydrogen) atoms. The van der Waals surface area contributed by atoms with Gasteiger partial charge in [0.2, 0.25) is 0 Å². The van der Waals surface area contributed by atoms with Gasteiger partial charge in [-0.3, -0.25) is 10.8 Å². The molecule has 3 N–H and O–H groups in total. The van der Waals surface area contributed by atoms with Crippen LogP contribution >= 0.6 is 0 Å². The molecule has 0 aromatic carbocycles. The molecule has 0 bridgehead atoms. The summed E-state index contributed by atoms with van der Waals surface area (Å²) in [5.74, 6) is 7.19. The quantitative estimate of drug-likeness (QED) is 0.624. The zero-order chi connectivity index (χ0) is 13.0. The summed E-state index contributed by atoms with van der Waals surface area (Å²) in [5, 5.41) is 0. The van der Waals surface area contributed by atoms with Gasteiger partial charge >= 0.3 is 0 Å². The van der Waals surface area contributed by atoms with Crippen molar-refractivity contribution in [2.45, 2.75) is 19.9 Å². The molecule has 0 radical (unpaired) electrons. The van der Waals surface area contributed by atoms with Gasteiger partial charge in [0.05, 0.1) is 25.1 Å². The average molecular weight is 247 g/mol. The highest BCUT2D eigenvalue weighted by atomic mass is 16.5. The highest BCUT2D eigenvalue weighted by Crippen LogP contribution is 2.25. The molecule has 0 aliphatic rings. The molecule has 0 amide bonds. The van der Waals surface area contributed by atoms with Crippen LogP contribution in [0.5, 0.6) is 5.75 Å². The van der Waals surface area contributed by atoms with Crippen molar-refractivity contribution in [1.82, 2.24) is 10.4 Å². The first-order chi connectivity index (χ1) is 8.74. The fraction of sp³-hybridized carbons (Fsp3) is 0.308. The first-order valence-corrected chi connectivity index (χ1v) is 5.83. The van der Waals surface area contributed by atoms with Gasteiger partial charge in [-0.15, -0.1) is 0 Å². The Kier molecular flexibility index (Phi) is 3.96. The Morgan fingerprint density at radius 3 is 2.83 bits per heavy atom. The van der Waals surface area contributed by atoms with Gasteiger partial charge < -0.3 is 9.15 Å². The predicted octanol–water partition coefficient (Wildman–Crippen LogP) is 1.93. The summed E-state index contributed by atoms with van der Waals surface area (Å²) in [4.78, 5) is 4.15. The van der Waals surface area contributed by atoms with E-state index in [2.05, 4.69) is 10.4 Å². The topological polar surface area (TPSA) is 73.3 Å². The lowest BCUT2D eigenvalue weighted by atomic mass is 10.0. The second kappa shape index (κ2) is 5.66. The average Bonchev–Trinajstić information content (AvgIpc) is 2.78. The maximum absolute atomic E-state index is 5.61. The van der Waals surface area contributed by atoms with Crippen LogP contribution in [0.2, 0.25) is 0 Å². The summed E-state index contributed by atoms with van der Waals surface area (Å²) >= 11 is 0. The molecular weight excluding hydrogens is 230 g/mol. The van der Waals surface area contributed by atoms with Crippen LogP contribution in [0.3, 0.4) is 0 Å². The van der Waals surface area contributed by atoms with E-state index in [0.717, 1.165) is 22.6 Å². The molecule has 5 heteroatoms. The number of furan rings is 1. The third kappa shape index (κ3) is 2.69. The molecule has 0 spiro atoms. The Bertz CT molecular complexity index is 510. The lowest BCUT2D eigenvalue weighted by Gasteiger charge is -2.15. The maximum Gasteiger partial charge on any atom is 0.137 e. The Morgan fingerprint density at radius 1 is 1.39 bits per heavy atom. The van der Waals surface area contributed by atoms with Gasteiger partial charge in [0, 0.05) is 11.8 Å². The molecule has 2 rings (SSSR count). The number of hydrogen-bond acceptors (Lipinski definition) is 5. The molecule has 2 aromatic heterocycles. The zero-order valence-electron chi connectivity index (χ0n) is 10.5. The fourth-order valence-corrected chi connectivity index (χ4v) is 1.84. The number of pyridine rings is 1. The van der Waals surface area contributed by atoms with E-state index in [9.17, 15) is 0 Å². The van der Waals surface area contributed by atoms with E-state index >= 15 is 0 Å². The van der Waals surface area contributed by atoms with Crippen molar-refractivity contribution >= 4 is 0 Å². The molecular formula is C13H17N3O2. The molecule has 5 nitrogen and oxygen atoms in total. The fourth-order valence-electron chi connectivity index (χ4n) is 1.84. The third-order valence-corrected chi connectivity index (χ3v) is 2.63. The van der Waals surface area contributed by atoms with Crippen molar-refractivity contribution in [3.05, 3.63) is 47.7 Å². The Morgan fingerprint density at radius 2 is 2.22 bits per heavy atom. The molecule has 0 saturated carbocycles. The smallest absolute Gasteiger partial charge is 0.137 e. The zero-order valence-corrected chi connectivity index (χ0v) is 10.5. The van der Waals surface area contributed by atoms with Crippen molar-refractivity contribution in [3.63, 3.8) is 0 Å². The summed E-state index contributed by atoms with van der Waals surface area (Å²) < 4.78 is 10.7. The number of aryl methyl sites for hydroxylation is 1. The van der Waals surface area contributed by atoms with Gasteiger partial charge in [-0.1, -0.05) is 0 Å². The van der Waals surface area contributed by atoms with E-state index in [1.54, 1.807) is 18.7 Å². The second-order valence-electron chi connectivity index (χ2n) is 3.98. The summed E-state index contributed by atoms with van der Waals surface area (Å²) in [6.45, 7) is 4.44. The summed E-state index contributed by atoms with van der Waals surface area (Å²) in [5.41, 5.74) is 4.66.